The van der Waals surface area contributed by atoms with Gasteiger partial charge in [0.2, 0.25) is 11.8 Å². The predicted octanol–water partition coefficient (Wildman–Crippen LogP) is 1.65. The number of aromatic hydroxyl groups is 1. The van der Waals surface area contributed by atoms with Crippen LogP contribution in [0.25, 0.3) is 6.08 Å². The summed E-state index contributed by atoms with van der Waals surface area (Å²) in [4.78, 5) is 51.1. The van der Waals surface area contributed by atoms with E-state index in [0.717, 1.165) is 0 Å². The highest BCUT2D eigenvalue weighted by molar-refractivity contribution is 6.01. The summed E-state index contributed by atoms with van der Waals surface area (Å²) in [5.74, 6) is -3.35. The third-order valence-electron chi connectivity index (χ3n) is 5.46. The average molecular weight is 512 g/mol. The first-order valence-corrected chi connectivity index (χ1v) is 11.8. The van der Waals surface area contributed by atoms with Crippen LogP contribution in [0.2, 0.25) is 0 Å². The molecule has 0 aliphatic rings. The average Bonchev–Trinajstić information content (AvgIpc) is 2.87. The minimum absolute atomic E-state index is 0.0591. The second-order valence-corrected chi connectivity index (χ2v) is 8.57. The molecule has 0 spiro atoms. The lowest BCUT2D eigenvalue weighted by molar-refractivity contribution is -0.140. The fourth-order valence-electron chi connectivity index (χ4n) is 3.37. The molecule has 0 aromatic heterocycles. The van der Waals surface area contributed by atoms with Gasteiger partial charge in [-0.3, -0.25) is 14.4 Å². The Bertz CT molecular complexity index is 1150. The summed E-state index contributed by atoms with van der Waals surface area (Å²) in [7, 11) is 0. The summed E-state index contributed by atoms with van der Waals surface area (Å²) in [5, 5.41) is 27.1. The van der Waals surface area contributed by atoms with Gasteiger partial charge in [-0.2, -0.15) is 0 Å². The first kappa shape index (κ1) is 29.1. The number of esters is 1. The van der Waals surface area contributed by atoms with Crippen molar-refractivity contribution in [3.63, 3.8) is 0 Å². The van der Waals surface area contributed by atoms with Gasteiger partial charge in [-0.25, -0.2) is 4.79 Å². The number of rotatable bonds is 11. The maximum atomic E-state index is 13.0. The van der Waals surface area contributed by atoms with Crippen molar-refractivity contribution in [1.82, 2.24) is 16.0 Å². The van der Waals surface area contributed by atoms with Gasteiger partial charge in [0.05, 0.1) is 13.2 Å². The number of benzene rings is 2. The van der Waals surface area contributed by atoms with E-state index in [4.69, 9.17) is 4.74 Å². The van der Waals surface area contributed by atoms with Gasteiger partial charge < -0.3 is 30.9 Å². The Morgan fingerprint density at radius 1 is 0.973 bits per heavy atom. The Kier molecular flexibility index (Phi) is 10.8. The number of carbonyl (C=O) groups is 4. The number of hydrogen-bond acceptors (Lipinski definition) is 7. The van der Waals surface area contributed by atoms with Gasteiger partial charge in [-0.05, 0) is 43.5 Å². The third kappa shape index (κ3) is 8.18. The molecule has 0 radical (unpaired) electrons. The van der Waals surface area contributed by atoms with Gasteiger partial charge >= 0.3 is 5.97 Å². The number of phenolic OH excluding ortho intramolecular Hbond substituents is 1. The fraction of sp³-hybridized carbons (Fsp3) is 0.333. The molecule has 0 fully saturated rings. The number of hydrogen-bond donors (Lipinski definition) is 5. The molecule has 0 heterocycles. The molecule has 0 aliphatic carbocycles. The molecule has 10 nitrogen and oxygen atoms in total. The van der Waals surface area contributed by atoms with Crippen LogP contribution < -0.4 is 16.0 Å². The van der Waals surface area contributed by atoms with Crippen LogP contribution in [0, 0.1) is 12.8 Å². The summed E-state index contributed by atoms with van der Waals surface area (Å²) in [6.45, 7) is 5.92. The normalized spacial score (nSPS) is 12.9. The third-order valence-corrected chi connectivity index (χ3v) is 5.46. The molecule has 2 aromatic rings. The minimum atomic E-state index is -1.42. The van der Waals surface area contributed by atoms with Crippen LogP contribution in [-0.4, -0.2) is 59.2 Å². The molecule has 0 unspecified atom stereocenters. The highest BCUT2D eigenvalue weighted by Gasteiger charge is 2.30. The molecule has 37 heavy (non-hydrogen) atoms. The molecular formula is C27H33N3O7. The van der Waals surface area contributed by atoms with E-state index in [9.17, 15) is 29.4 Å². The van der Waals surface area contributed by atoms with Gasteiger partial charge in [0.1, 0.15) is 23.5 Å². The van der Waals surface area contributed by atoms with Gasteiger partial charge in [0.15, 0.2) is 0 Å². The van der Waals surface area contributed by atoms with Gasteiger partial charge in [-0.15, -0.1) is 0 Å². The number of aliphatic hydroxyl groups is 1. The largest absolute Gasteiger partial charge is 0.508 e. The SMILES string of the molecule is CCOC(=O)/C(=C\c1ccccc1)NC(=O)[C@H](CO)NC(=O)[C@@H](NC(=O)c1cccc(O)c1C)C(C)C. The van der Waals surface area contributed by atoms with Crippen molar-refractivity contribution < 1.29 is 34.1 Å². The number of carbonyl (C=O) groups excluding carboxylic acids is 4. The van der Waals surface area contributed by atoms with E-state index in [0.29, 0.717) is 11.1 Å². The van der Waals surface area contributed by atoms with Crippen molar-refractivity contribution in [3.8, 4) is 5.75 Å². The van der Waals surface area contributed by atoms with Crippen molar-refractivity contribution in [3.05, 3.63) is 70.9 Å². The second kappa shape index (κ2) is 13.8. The number of phenols is 1. The molecular weight excluding hydrogens is 478 g/mol. The Morgan fingerprint density at radius 3 is 2.24 bits per heavy atom. The molecule has 0 saturated carbocycles. The van der Waals surface area contributed by atoms with Crippen LogP contribution in [0.5, 0.6) is 5.75 Å². The summed E-state index contributed by atoms with van der Waals surface area (Å²) in [6.07, 6.45) is 1.42. The molecule has 2 atom stereocenters. The van der Waals surface area contributed by atoms with Crippen LogP contribution in [-0.2, 0) is 19.1 Å². The topological polar surface area (TPSA) is 154 Å². The second-order valence-electron chi connectivity index (χ2n) is 8.57. The van der Waals surface area contributed by atoms with Crippen molar-refractivity contribution >= 4 is 29.8 Å². The molecule has 2 rings (SSSR count). The number of aliphatic hydroxyl groups excluding tert-OH is 1. The Balaban J connectivity index is 2.18. The lowest BCUT2D eigenvalue weighted by atomic mass is 10.0. The molecule has 0 aliphatic heterocycles. The van der Waals surface area contributed by atoms with Crippen LogP contribution in [0.4, 0.5) is 0 Å². The van der Waals surface area contributed by atoms with Gasteiger partial charge in [0.25, 0.3) is 5.91 Å². The van der Waals surface area contributed by atoms with Crippen molar-refractivity contribution in [2.24, 2.45) is 5.92 Å². The van der Waals surface area contributed by atoms with Crippen molar-refractivity contribution in [2.45, 2.75) is 39.8 Å². The number of nitrogens with one attached hydrogen (secondary N) is 3. The lowest BCUT2D eigenvalue weighted by Gasteiger charge is -2.25. The van der Waals surface area contributed by atoms with Crippen LogP contribution in [0.1, 0.15) is 42.3 Å². The van der Waals surface area contributed by atoms with E-state index in [1.165, 1.54) is 24.3 Å². The molecule has 198 valence electrons. The Labute approximate surface area is 215 Å². The quantitative estimate of drug-likeness (QED) is 0.227. The van der Waals surface area contributed by atoms with Crippen LogP contribution in [0.15, 0.2) is 54.2 Å². The summed E-state index contributed by atoms with van der Waals surface area (Å²) < 4.78 is 5.01. The van der Waals surface area contributed by atoms with E-state index >= 15 is 0 Å². The van der Waals surface area contributed by atoms with E-state index in [2.05, 4.69) is 16.0 Å². The van der Waals surface area contributed by atoms with E-state index in [1.54, 1.807) is 58.0 Å². The van der Waals surface area contributed by atoms with E-state index < -0.39 is 42.4 Å². The van der Waals surface area contributed by atoms with Gasteiger partial charge in [-0.1, -0.05) is 50.2 Å². The molecule has 0 saturated heterocycles. The van der Waals surface area contributed by atoms with E-state index in [-0.39, 0.29) is 29.5 Å². The van der Waals surface area contributed by atoms with Crippen LogP contribution >= 0.6 is 0 Å². The maximum absolute atomic E-state index is 13.0. The number of ether oxygens (including phenoxy) is 1. The Morgan fingerprint density at radius 2 is 1.65 bits per heavy atom. The first-order chi connectivity index (χ1) is 17.6. The first-order valence-electron chi connectivity index (χ1n) is 11.8. The smallest absolute Gasteiger partial charge is 0.354 e. The van der Waals surface area contributed by atoms with Crippen molar-refractivity contribution in [1.29, 1.82) is 0 Å². The summed E-state index contributed by atoms with van der Waals surface area (Å²) in [6, 6.07) is 10.8. The zero-order valence-corrected chi connectivity index (χ0v) is 21.3. The molecule has 3 amide bonds. The van der Waals surface area contributed by atoms with Gasteiger partial charge in [0, 0.05) is 11.1 Å². The zero-order valence-electron chi connectivity index (χ0n) is 21.3. The molecule has 2 aromatic carbocycles. The fourth-order valence-corrected chi connectivity index (χ4v) is 3.37. The summed E-state index contributed by atoms with van der Waals surface area (Å²) >= 11 is 0. The monoisotopic (exact) mass is 511 g/mol. The van der Waals surface area contributed by atoms with E-state index in [1.807, 2.05) is 0 Å². The lowest BCUT2D eigenvalue weighted by Crippen LogP contribution is -2.56. The standard InChI is InChI=1S/C27H33N3O7/c1-5-37-27(36)20(14-18-10-7-6-8-11-18)28-25(34)21(15-31)29-26(35)23(16(2)3)30-24(33)19-12-9-13-22(32)17(19)4/h6-14,16,21,23,31-32H,5,15H2,1-4H3,(H,28,34)(H,29,35)(H,30,33)/b20-14+/t21-,23-/m0/s1. The molecule has 0 bridgehead atoms. The van der Waals surface area contributed by atoms with Crippen molar-refractivity contribution in [2.75, 3.05) is 13.2 Å². The Hall–Kier alpha value is -4.18. The molecule has 5 N–H and O–H groups in total. The minimum Gasteiger partial charge on any atom is -0.508 e. The highest BCUT2D eigenvalue weighted by atomic mass is 16.5. The predicted molar refractivity (Wildman–Crippen MR) is 137 cm³/mol. The maximum Gasteiger partial charge on any atom is 0.354 e. The highest BCUT2D eigenvalue weighted by Crippen LogP contribution is 2.20. The van der Waals surface area contributed by atoms with Crippen LogP contribution in [0.3, 0.4) is 0 Å². The zero-order chi connectivity index (χ0) is 27.5. The number of amides is 3. The molecule has 10 heteroatoms. The summed E-state index contributed by atoms with van der Waals surface area (Å²) in [5.41, 5.74) is 1.01.